The Morgan fingerprint density at radius 2 is 1.75 bits per heavy atom. The van der Waals surface area contributed by atoms with E-state index < -0.39 is 0 Å². The Bertz CT molecular complexity index is 668. The van der Waals surface area contributed by atoms with Gasteiger partial charge < -0.3 is 10.2 Å². The maximum absolute atomic E-state index is 4.42. The Kier molecular flexibility index (Phi) is 4.23. The molecule has 2 saturated carbocycles. The molecule has 0 radical (unpaired) electrons. The highest BCUT2D eigenvalue weighted by Crippen LogP contribution is 2.55. The summed E-state index contributed by atoms with van der Waals surface area (Å²) in [5, 5.41) is 3.81. The fraction of sp³-hybridized carbons (Fsp3) is 0.500. The van der Waals surface area contributed by atoms with Crippen LogP contribution in [-0.2, 0) is 6.54 Å². The number of fused-ring (bicyclic) bond motifs is 1. The lowest BCUT2D eigenvalue weighted by atomic mass is 9.60. The first-order valence-corrected chi connectivity index (χ1v) is 9.00. The van der Waals surface area contributed by atoms with E-state index in [1.54, 1.807) is 0 Å². The first-order valence-electron chi connectivity index (χ1n) is 9.00. The SMILES string of the molecule is CN(C)c1ncc(CN[C@@H]2[C@H]3CCC[C@H]3[C@H]2c2ccccc2)cn1. The molecule has 24 heavy (non-hydrogen) atoms. The van der Waals surface area contributed by atoms with Crippen LogP contribution in [-0.4, -0.2) is 30.1 Å². The maximum atomic E-state index is 4.42. The van der Waals surface area contributed by atoms with Crippen LogP contribution in [0.4, 0.5) is 5.95 Å². The van der Waals surface area contributed by atoms with Crippen molar-refractivity contribution in [2.75, 3.05) is 19.0 Å². The number of aromatic nitrogens is 2. The first kappa shape index (κ1) is 15.6. The van der Waals surface area contributed by atoms with Gasteiger partial charge in [-0.3, -0.25) is 0 Å². The highest BCUT2D eigenvalue weighted by Gasteiger charge is 2.52. The van der Waals surface area contributed by atoms with E-state index in [9.17, 15) is 0 Å². The second-order valence-electron chi connectivity index (χ2n) is 7.39. The second-order valence-corrected chi connectivity index (χ2v) is 7.39. The van der Waals surface area contributed by atoms with Crippen LogP contribution in [0.2, 0.25) is 0 Å². The number of rotatable bonds is 5. The van der Waals surface area contributed by atoms with Gasteiger partial charge in [0, 0.05) is 50.6 Å². The third-order valence-electron chi connectivity index (χ3n) is 5.75. The summed E-state index contributed by atoms with van der Waals surface area (Å²) in [7, 11) is 3.93. The van der Waals surface area contributed by atoms with Gasteiger partial charge in [0.05, 0.1) is 0 Å². The van der Waals surface area contributed by atoms with Gasteiger partial charge in [-0.05, 0) is 30.2 Å². The summed E-state index contributed by atoms with van der Waals surface area (Å²) in [4.78, 5) is 10.8. The molecule has 0 unspecified atom stereocenters. The van der Waals surface area contributed by atoms with Crippen LogP contribution >= 0.6 is 0 Å². The number of hydrogen-bond donors (Lipinski definition) is 1. The Balaban J connectivity index is 1.44. The normalized spacial score (nSPS) is 28.2. The van der Waals surface area contributed by atoms with Crippen molar-refractivity contribution in [3.63, 3.8) is 0 Å². The fourth-order valence-corrected chi connectivity index (χ4v) is 4.61. The van der Waals surface area contributed by atoms with Crippen molar-refractivity contribution in [1.29, 1.82) is 0 Å². The molecule has 0 aliphatic heterocycles. The Hall–Kier alpha value is -1.94. The van der Waals surface area contributed by atoms with Crippen molar-refractivity contribution in [3.8, 4) is 0 Å². The second kappa shape index (κ2) is 6.52. The summed E-state index contributed by atoms with van der Waals surface area (Å²) < 4.78 is 0. The Morgan fingerprint density at radius 3 is 2.46 bits per heavy atom. The van der Waals surface area contributed by atoms with Gasteiger partial charge in [-0.15, -0.1) is 0 Å². The molecule has 0 bridgehead atoms. The molecule has 2 aliphatic carbocycles. The van der Waals surface area contributed by atoms with Gasteiger partial charge >= 0.3 is 0 Å². The summed E-state index contributed by atoms with van der Waals surface area (Å²) in [6.07, 6.45) is 8.04. The topological polar surface area (TPSA) is 41.1 Å². The lowest BCUT2D eigenvalue weighted by Gasteiger charge is -2.50. The first-order chi connectivity index (χ1) is 11.7. The molecule has 0 spiro atoms. The predicted octanol–water partition coefficient (Wildman–Crippen LogP) is 3.21. The van der Waals surface area contributed by atoms with Crippen LogP contribution in [0.25, 0.3) is 0 Å². The molecule has 126 valence electrons. The van der Waals surface area contributed by atoms with Crippen LogP contribution in [0.1, 0.15) is 36.3 Å². The van der Waals surface area contributed by atoms with E-state index in [2.05, 4.69) is 45.6 Å². The summed E-state index contributed by atoms with van der Waals surface area (Å²) in [5.74, 6) is 3.15. The third-order valence-corrected chi connectivity index (χ3v) is 5.75. The van der Waals surface area contributed by atoms with Crippen molar-refractivity contribution in [1.82, 2.24) is 15.3 Å². The predicted molar refractivity (Wildman–Crippen MR) is 97.0 cm³/mol. The molecule has 0 amide bonds. The zero-order valence-electron chi connectivity index (χ0n) is 14.5. The molecular formula is C20H26N4. The van der Waals surface area contributed by atoms with Gasteiger partial charge in [0.15, 0.2) is 0 Å². The molecular weight excluding hydrogens is 296 g/mol. The molecule has 4 heteroatoms. The minimum atomic E-state index is 0.591. The van der Waals surface area contributed by atoms with Crippen LogP contribution in [0, 0.1) is 11.8 Å². The highest BCUT2D eigenvalue weighted by atomic mass is 15.2. The largest absolute Gasteiger partial charge is 0.347 e. The smallest absolute Gasteiger partial charge is 0.224 e. The summed E-state index contributed by atoms with van der Waals surface area (Å²) in [6, 6.07) is 11.6. The average Bonchev–Trinajstić information content (AvgIpc) is 3.00. The lowest BCUT2D eigenvalue weighted by molar-refractivity contribution is 0.0940. The number of benzene rings is 1. The molecule has 4 rings (SSSR count). The average molecular weight is 322 g/mol. The Labute approximate surface area is 144 Å². The number of nitrogens with one attached hydrogen (secondary N) is 1. The summed E-state index contributed by atoms with van der Waals surface area (Å²) >= 11 is 0. The van der Waals surface area contributed by atoms with Gasteiger partial charge in [-0.2, -0.15) is 0 Å². The fourth-order valence-electron chi connectivity index (χ4n) is 4.61. The monoisotopic (exact) mass is 322 g/mol. The Morgan fingerprint density at radius 1 is 1.04 bits per heavy atom. The van der Waals surface area contributed by atoms with Crippen molar-refractivity contribution < 1.29 is 0 Å². The van der Waals surface area contributed by atoms with E-state index in [1.165, 1.54) is 24.8 Å². The lowest BCUT2D eigenvalue weighted by Crippen LogP contribution is -2.54. The standard InChI is InChI=1S/C20H26N4/c1-24(2)20-22-12-14(13-23-20)11-21-19-17-10-6-9-16(17)18(19)15-7-4-3-5-8-15/h3-5,7-8,12-13,16-19,21H,6,9-11H2,1-2H3/t16-,17+,18-,19-/m1/s1. The van der Waals surface area contributed by atoms with E-state index in [0.717, 1.165) is 29.9 Å². The number of anilines is 1. The molecule has 1 aromatic carbocycles. The molecule has 0 saturated heterocycles. The van der Waals surface area contributed by atoms with Gasteiger partial charge in [0.2, 0.25) is 5.95 Å². The minimum Gasteiger partial charge on any atom is -0.347 e. The van der Waals surface area contributed by atoms with Gasteiger partial charge in [-0.1, -0.05) is 36.8 Å². The van der Waals surface area contributed by atoms with Crippen LogP contribution in [0.3, 0.4) is 0 Å². The summed E-state index contributed by atoms with van der Waals surface area (Å²) in [5.41, 5.74) is 2.66. The third kappa shape index (κ3) is 2.80. The molecule has 4 atom stereocenters. The summed E-state index contributed by atoms with van der Waals surface area (Å²) in [6.45, 7) is 0.852. The van der Waals surface area contributed by atoms with E-state index in [-0.39, 0.29) is 0 Å². The molecule has 1 aromatic heterocycles. The molecule has 2 aromatic rings. The van der Waals surface area contributed by atoms with Crippen molar-refractivity contribution in [2.24, 2.45) is 11.8 Å². The van der Waals surface area contributed by atoms with Crippen LogP contribution in [0.5, 0.6) is 0 Å². The van der Waals surface area contributed by atoms with Crippen molar-refractivity contribution >= 4 is 5.95 Å². The maximum Gasteiger partial charge on any atom is 0.224 e. The van der Waals surface area contributed by atoms with E-state index in [4.69, 9.17) is 0 Å². The van der Waals surface area contributed by atoms with E-state index in [1.807, 2.05) is 31.4 Å². The highest BCUT2D eigenvalue weighted by molar-refractivity contribution is 5.29. The van der Waals surface area contributed by atoms with Gasteiger partial charge in [0.1, 0.15) is 0 Å². The van der Waals surface area contributed by atoms with E-state index in [0.29, 0.717) is 12.0 Å². The molecule has 4 nitrogen and oxygen atoms in total. The van der Waals surface area contributed by atoms with Crippen LogP contribution in [0.15, 0.2) is 42.7 Å². The zero-order valence-corrected chi connectivity index (χ0v) is 14.5. The van der Waals surface area contributed by atoms with Crippen LogP contribution < -0.4 is 10.2 Å². The zero-order chi connectivity index (χ0) is 16.5. The van der Waals surface area contributed by atoms with Crippen molar-refractivity contribution in [3.05, 3.63) is 53.9 Å². The molecule has 2 aliphatic rings. The van der Waals surface area contributed by atoms with Gasteiger partial charge in [0.25, 0.3) is 0 Å². The van der Waals surface area contributed by atoms with E-state index >= 15 is 0 Å². The molecule has 1 N–H and O–H groups in total. The van der Waals surface area contributed by atoms with Crippen molar-refractivity contribution in [2.45, 2.75) is 37.8 Å². The quantitative estimate of drug-likeness (QED) is 0.918. The number of nitrogens with zero attached hydrogens (tertiary/aromatic N) is 3. The molecule has 1 heterocycles. The number of hydrogen-bond acceptors (Lipinski definition) is 4. The van der Waals surface area contributed by atoms with Gasteiger partial charge in [-0.25, -0.2) is 9.97 Å². The minimum absolute atomic E-state index is 0.591. The molecule has 2 fully saturated rings.